The molecule has 0 radical (unpaired) electrons. The van der Waals surface area contributed by atoms with Crippen LogP contribution >= 0.6 is 0 Å². The third-order valence-electron chi connectivity index (χ3n) is 11.2. The molecule has 11 rings (SSSR count). The zero-order valence-corrected chi connectivity index (χ0v) is 30.1. The Kier molecular flexibility index (Phi) is 7.28. The van der Waals surface area contributed by atoms with E-state index in [0.717, 1.165) is 39.9 Å². The Balaban J connectivity index is 1.04. The summed E-state index contributed by atoms with van der Waals surface area (Å²) in [6.45, 7) is 0. The molecule has 0 aliphatic heterocycles. The van der Waals surface area contributed by atoms with Crippen molar-refractivity contribution in [3.8, 4) is 56.2 Å². The number of allylic oxidation sites excluding steroid dienone is 2. The quantitative estimate of drug-likeness (QED) is 0.167. The van der Waals surface area contributed by atoms with E-state index in [1.807, 2.05) is 6.07 Å². The van der Waals surface area contributed by atoms with Crippen molar-refractivity contribution in [3.05, 3.63) is 193 Å². The smallest absolute Gasteiger partial charge is 0.160 e. The van der Waals surface area contributed by atoms with Gasteiger partial charge in [-0.15, -0.1) is 0 Å². The monoisotopic (exact) mass is 698 g/mol. The van der Waals surface area contributed by atoms with Crippen LogP contribution in [0.25, 0.3) is 111 Å². The highest BCUT2D eigenvalue weighted by Gasteiger charge is 2.18. The molecular formula is C53H34N2. The van der Waals surface area contributed by atoms with Crippen LogP contribution in [0.1, 0.15) is 17.5 Å². The average molecular weight is 699 g/mol. The highest BCUT2D eigenvalue weighted by Crippen LogP contribution is 2.41. The average Bonchev–Trinajstić information content (AvgIpc) is 3.52. The molecule has 2 heteroatoms. The van der Waals surface area contributed by atoms with Crippen LogP contribution in [0, 0.1) is 0 Å². The van der Waals surface area contributed by atoms with E-state index >= 15 is 0 Å². The summed E-state index contributed by atoms with van der Waals surface area (Å²) in [7, 11) is 0. The summed E-state index contributed by atoms with van der Waals surface area (Å²) in [5.41, 5.74) is 12.2. The van der Waals surface area contributed by atoms with Crippen LogP contribution in [-0.4, -0.2) is 9.97 Å². The van der Waals surface area contributed by atoms with Crippen molar-refractivity contribution in [3.63, 3.8) is 0 Å². The minimum absolute atomic E-state index is 0.711. The van der Waals surface area contributed by atoms with E-state index in [0.29, 0.717) is 5.82 Å². The third kappa shape index (κ3) is 5.34. The van der Waals surface area contributed by atoms with Crippen molar-refractivity contribution in [2.75, 3.05) is 0 Å². The first-order valence-corrected chi connectivity index (χ1v) is 19.0. The summed E-state index contributed by atoms with van der Waals surface area (Å²) < 4.78 is 0. The zero-order valence-electron chi connectivity index (χ0n) is 30.1. The Bertz CT molecular complexity index is 3140. The van der Waals surface area contributed by atoms with Gasteiger partial charge >= 0.3 is 0 Å². The predicted octanol–water partition coefficient (Wildman–Crippen LogP) is 14.3. The van der Waals surface area contributed by atoms with Gasteiger partial charge in [0.25, 0.3) is 0 Å². The first-order chi connectivity index (χ1) is 27.2. The van der Waals surface area contributed by atoms with E-state index < -0.39 is 0 Å². The van der Waals surface area contributed by atoms with Gasteiger partial charge in [-0.05, 0) is 101 Å². The minimum Gasteiger partial charge on any atom is -0.228 e. The second kappa shape index (κ2) is 12.8. The molecule has 1 aromatic heterocycles. The summed E-state index contributed by atoms with van der Waals surface area (Å²) in [6.07, 6.45) is 9.89. The lowest BCUT2D eigenvalue weighted by atomic mass is 9.89. The summed E-state index contributed by atoms with van der Waals surface area (Å²) in [5, 5.41) is 10.2. The lowest BCUT2D eigenvalue weighted by molar-refractivity contribution is 1.18. The Morgan fingerprint density at radius 2 is 0.909 bits per heavy atom. The molecule has 0 atom stereocenters. The molecule has 55 heavy (non-hydrogen) atoms. The van der Waals surface area contributed by atoms with E-state index in [1.54, 1.807) is 0 Å². The van der Waals surface area contributed by atoms with Crippen molar-refractivity contribution in [1.82, 2.24) is 9.97 Å². The standard InChI is InChI=1S/C53H34N2/c1-4-11-34(12-5-1)43-29-30-47(46-18-9-3-8-17-45(43)46)50-33-49(35-13-6-2-7-14-35)54-53(55-50)42-24-22-39-31-41(23-21-40(39)32-42)44-27-25-38-20-19-36-15-10-16-37-26-28-48(44)52(38)51(36)37/h1-2,4-33H,3H2. The minimum atomic E-state index is 0.711. The third-order valence-corrected chi connectivity index (χ3v) is 11.2. The number of aromatic nitrogens is 2. The van der Waals surface area contributed by atoms with Gasteiger partial charge in [-0.1, -0.05) is 176 Å². The molecule has 0 saturated carbocycles. The predicted molar refractivity (Wildman–Crippen MR) is 233 cm³/mol. The maximum absolute atomic E-state index is 5.32. The highest BCUT2D eigenvalue weighted by atomic mass is 14.9. The second-order valence-electron chi connectivity index (χ2n) is 14.5. The van der Waals surface area contributed by atoms with Crippen molar-refractivity contribution >= 4 is 55.2 Å². The number of rotatable bonds is 5. The van der Waals surface area contributed by atoms with Gasteiger partial charge in [0.1, 0.15) is 0 Å². The zero-order chi connectivity index (χ0) is 36.3. The molecule has 9 aromatic carbocycles. The van der Waals surface area contributed by atoms with Crippen molar-refractivity contribution in [1.29, 1.82) is 0 Å². The summed E-state index contributed by atoms with van der Waals surface area (Å²) >= 11 is 0. The van der Waals surface area contributed by atoms with Gasteiger partial charge < -0.3 is 0 Å². The van der Waals surface area contributed by atoms with E-state index in [2.05, 4.69) is 188 Å². The fraction of sp³-hybridized carbons (Fsp3) is 0.0189. The Morgan fingerprint density at radius 1 is 0.345 bits per heavy atom. The number of hydrogen-bond donors (Lipinski definition) is 0. The molecule has 1 heterocycles. The largest absolute Gasteiger partial charge is 0.228 e. The fourth-order valence-electron chi connectivity index (χ4n) is 8.55. The van der Waals surface area contributed by atoms with Crippen LogP contribution in [0.4, 0.5) is 0 Å². The molecule has 10 aromatic rings. The molecular weight excluding hydrogens is 665 g/mol. The van der Waals surface area contributed by atoms with Crippen LogP contribution in [0.3, 0.4) is 0 Å². The molecule has 2 nitrogen and oxygen atoms in total. The molecule has 0 amide bonds. The van der Waals surface area contributed by atoms with Gasteiger partial charge in [-0.3, -0.25) is 0 Å². The Morgan fingerprint density at radius 3 is 1.67 bits per heavy atom. The molecule has 1 aliphatic carbocycles. The number of hydrogen-bond acceptors (Lipinski definition) is 2. The maximum Gasteiger partial charge on any atom is 0.160 e. The van der Waals surface area contributed by atoms with Crippen LogP contribution in [0.2, 0.25) is 0 Å². The Hall–Kier alpha value is -7.16. The van der Waals surface area contributed by atoms with E-state index in [4.69, 9.17) is 9.97 Å². The summed E-state index contributed by atoms with van der Waals surface area (Å²) in [5.74, 6) is 0.711. The molecule has 0 unspecified atom stereocenters. The van der Waals surface area contributed by atoms with Crippen LogP contribution in [-0.2, 0) is 0 Å². The van der Waals surface area contributed by atoms with Gasteiger partial charge in [0.2, 0.25) is 0 Å². The van der Waals surface area contributed by atoms with Crippen LogP contribution < -0.4 is 0 Å². The normalized spacial score (nSPS) is 12.5. The number of nitrogens with zero attached hydrogens (tertiary/aromatic N) is 2. The molecule has 0 fully saturated rings. The SMILES string of the molecule is C1=Cc2c(-c3ccccc3)ccc(-c3cc(-c4ccccc4)nc(-c4ccc5cc(-c6ccc7ccc8cccc9ccc6c7c89)ccc5c4)n3)c2C=CC1. The molecule has 0 saturated heterocycles. The van der Waals surface area contributed by atoms with Crippen molar-refractivity contribution in [2.45, 2.75) is 6.42 Å². The number of fused-ring (bicyclic) bond motifs is 2. The fourth-order valence-corrected chi connectivity index (χ4v) is 8.55. The van der Waals surface area contributed by atoms with Gasteiger partial charge in [-0.25, -0.2) is 9.97 Å². The highest BCUT2D eigenvalue weighted by molar-refractivity contribution is 6.25. The Labute approximate surface area is 319 Å². The van der Waals surface area contributed by atoms with Crippen molar-refractivity contribution < 1.29 is 0 Å². The van der Waals surface area contributed by atoms with Crippen molar-refractivity contribution in [2.24, 2.45) is 0 Å². The number of benzene rings is 9. The van der Waals surface area contributed by atoms with Gasteiger partial charge in [0.15, 0.2) is 5.82 Å². The van der Waals surface area contributed by atoms with Crippen LogP contribution in [0.5, 0.6) is 0 Å². The molecule has 0 spiro atoms. The van der Waals surface area contributed by atoms with E-state index in [1.165, 1.54) is 71.1 Å². The summed E-state index contributed by atoms with van der Waals surface area (Å²) in [4.78, 5) is 10.5. The topological polar surface area (TPSA) is 25.8 Å². The van der Waals surface area contributed by atoms with Gasteiger partial charge in [-0.2, -0.15) is 0 Å². The lowest BCUT2D eigenvalue weighted by Gasteiger charge is -2.16. The molecule has 0 bridgehead atoms. The first-order valence-electron chi connectivity index (χ1n) is 19.0. The van der Waals surface area contributed by atoms with E-state index in [9.17, 15) is 0 Å². The maximum atomic E-state index is 5.32. The van der Waals surface area contributed by atoms with Gasteiger partial charge in [0.05, 0.1) is 11.4 Å². The second-order valence-corrected chi connectivity index (χ2v) is 14.5. The molecule has 1 aliphatic rings. The summed E-state index contributed by atoms with van der Waals surface area (Å²) in [6, 6.07) is 61.3. The van der Waals surface area contributed by atoms with Gasteiger partial charge in [0, 0.05) is 16.7 Å². The molecule has 0 N–H and O–H groups in total. The van der Waals surface area contributed by atoms with Crippen LogP contribution in [0.15, 0.2) is 182 Å². The lowest BCUT2D eigenvalue weighted by Crippen LogP contribution is -1.99. The van der Waals surface area contributed by atoms with E-state index in [-0.39, 0.29) is 0 Å². The first kappa shape index (κ1) is 31.4. The molecule has 256 valence electrons.